The summed E-state index contributed by atoms with van der Waals surface area (Å²) in [5.74, 6) is -0.674. The number of nitrogens with one attached hydrogen (secondary N) is 2. The molecule has 4 nitrogen and oxygen atoms in total. The Hall–Kier alpha value is -2.68. The number of amides is 2. The molecule has 2 N–H and O–H groups in total. The number of carbonyl (C=O) groups is 2. The number of rotatable bonds is 6. The molecule has 6 heteroatoms. The monoisotopic (exact) mass is 292 g/mol. The van der Waals surface area contributed by atoms with Crippen molar-refractivity contribution in [1.82, 2.24) is 10.6 Å². The molecular weight excluding hydrogens is 278 g/mol. The van der Waals surface area contributed by atoms with Gasteiger partial charge in [0, 0.05) is 30.6 Å². The Balaban J connectivity index is 2.84. The lowest BCUT2D eigenvalue weighted by Gasteiger charge is -2.09. The van der Waals surface area contributed by atoms with Gasteiger partial charge in [0.15, 0.2) is 0 Å². The summed E-state index contributed by atoms with van der Waals surface area (Å²) in [4.78, 5) is 22.6. The predicted octanol–water partition coefficient (Wildman–Crippen LogP) is 1.52. The van der Waals surface area contributed by atoms with Crippen molar-refractivity contribution >= 4 is 11.8 Å². The van der Waals surface area contributed by atoms with Crippen LogP contribution in [0.4, 0.5) is 8.78 Å². The average Bonchev–Trinajstić information content (AvgIpc) is 2.45. The molecule has 0 aliphatic rings. The van der Waals surface area contributed by atoms with Crippen molar-refractivity contribution in [2.45, 2.75) is 13.0 Å². The predicted molar refractivity (Wildman–Crippen MR) is 74.2 cm³/mol. The number of hydrogen-bond donors (Lipinski definition) is 2. The minimum Gasteiger partial charge on any atom is -0.351 e. The fourth-order valence-corrected chi connectivity index (χ4v) is 1.50. The van der Waals surface area contributed by atoms with Crippen LogP contribution >= 0.6 is 0 Å². The lowest BCUT2D eigenvalue weighted by atomic mass is 10.1. The van der Waals surface area contributed by atoms with Gasteiger partial charge in [-0.3, -0.25) is 9.59 Å². The lowest BCUT2D eigenvalue weighted by molar-refractivity contribution is -0.116. The first kappa shape index (κ1) is 16.4. The van der Waals surface area contributed by atoms with E-state index in [1.54, 1.807) is 0 Å². The van der Waals surface area contributed by atoms with Gasteiger partial charge in [-0.05, 0) is 18.2 Å². The highest BCUT2D eigenvalue weighted by Gasteiger charge is 2.15. The molecule has 1 rings (SSSR count). The van der Waals surface area contributed by atoms with E-state index < -0.39 is 23.4 Å². The van der Waals surface area contributed by atoms with Crippen LogP contribution in [0, 0.1) is 24.0 Å². The first-order valence-electron chi connectivity index (χ1n) is 6.09. The standard InChI is InChI=1S/C15H14F2N2O2/c1-3-5-6-18-15(21)10-7-12(16)11(13(17)8-10)9-19-14(20)4-2/h1,4,7-8H,2,5-6,9H2,(H,18,21)(H,19,20). The van der Waals surface area contributed by atoms with Crippen molar-refractivity contribution in [3.05, 3.63) is 47.5 Å². The van der Waals surface area contributed by atoms with Crippen LogP contribution in [0.15, 0.2) is 24.8 Å². The molecule has 0 heterocycles. The van der Waals surface area contributed by atoms with E-state index in [0.29, 0.717) is 6.42 Å². The highest BCUT2D eigenvalue weighted by Crippen LogP contribution is 2.15. The highest BCUT2D eigenvalue weighted by molar-refractivity contribution is 5.94. The van der Waals surface area contributed by atoms with E-state index in [0.717, 1.165) is 18.2 Å². The molecule has 0 unspecified atom stereocenters. The molecule has 0 saturated carbocycles. The molecule has 21 heavy (non-hydrogen) atoms. The van der Waals surface area contributed by atoms with Crippen LogP contribution in [0.5, 0.6) is 0 Å². The van der Waals surface area contributed by atoms with Gasteiger partial charge in [0.25, 0.3) is 5.91 Å². The van der Waals surface area contributed by atoms with Gasteiger partial charge in [0.1, 0.15) is 11.6 Å². The fraction of sp³-hybridized carbons (Fsp3) is 0.200. The normalized spacial score (nSPS) is 9.57. The molecule has 0 radical (unpaired) electrons. The van der Waals surface area contributed by atoms with Crippen LogP contribution in [0.3, 0.4) is 0 Å². The minimum atomic E-state index is -0.915. The molecule has 1 aromatic carbocycles. The Bertz CT molecular complexity index is 583. The molecule has 0 aromatic heterocycles. The van der Waals surface area contributed by atoms with Crippen LogP contribution < -0.4 is 10.6 Å². The summed E-state index contributed by atoms with van der Waals surface area (Å²) < 4.78 is 27.6. The highest BCUT2D eigenvalue weighted by atomic mass is 19.1. The molecular formula is C15H14F2N2O2. The van der Waals surface area contributed by atoms with Crippen molar-refractivity contribution in [2.24, 2.45) is 0 Å². The topological polar surface area (TPSA) is 58.2 Å². The van der Waals surface area contributed by atoms with E-state index in [1.807, 2.05) is 0 Å². The summed E-state index contributed by atoms with van der Waals surface area (Å²) >= 11 is 0. The third-order valence-corrected chi connectivity index (χ3v) is 2.58. The van der Waals surface area contributed by atoms with Crippen LogP contribution in [0.2, 0.25) is 0 Å². The van der Waals surface area contributed by atoms with Gasteiger partial charge in [0.2, 0.25) is 5.91 Å². The molecule has 110 valence electrons. The molecule has 0 atom stereocenters. The van der Waals surface area contributed by atoms with Crippen LogP contribution in [-0.4, -0.2) is 18.4 Å². The van der Waals surface area contributed by atoms with E-state index in [1.165, 1.54) is 0 Å². The summed E-state index contributed by atoms with van der Waals surface area (Å²) in [7, 11) is 0. The van der Waals surface area contributed by atoms with Gasteiger partial charge in [-0.15, -0.1) is 12.3 Å². The Morgan fingerprint density at radius 3 is 2.43 bits per heavy atom. The van der Waals surface area contributed by atoms with E-state index >= 15 is 0 Å². The van der Waals surface area contributed by atoms with Gasteiger partial charge in [-0.1, -0.05) is 6.58 Å². The zero-order valence-electron chi connectivity index (χ0n) is 11.2. The number of benzene rings is 1. The van der Waals surface area contributed by atoms with Gasteiger partial charge < -0.3 is 10.6 Å². The van der Waals surface area contributed by atoms with Gasteiger partial charge in [-0.2, -0.15) is 0 Å². The zero-order valence-corrected chi connectivity index (χ0v) is 11.2. The third-order valence-electron chi connectivity index (χ3n) is 2.58. The number of halogens is 2. The summed E-state index contributed by atoms with van der Waals surface area (Å²) in [6.07, 6.45) is 6.34. The number of hydrogen-bond acceptors (Lipinski definition) is 2. The van der Waals surface area contributed by atoms with Crippen molar-refractivity contribution in [2.75, 3.05) is 6.54 Å². The molecule has 2 amide bonds. The Morgan fingerprint density at radius 2 is 1.90 bits per heavy atom. The summed E-state index contributed by atoms with van der Waals surface area (Å²) in [5, 5.41) is 4.70. The van der Waals surface area contributed by atoms with Crippen molar-refractivity contribution in [1.29, 1.82) is 0 Å². The smallest absolute Gasteiger partial charge is 0.251 e. The average molecular weight is 292 g/mol. The molecule has 0 spiro atoms. The largest absolute Gasteiger partial charge is 0.351 e. The van der Waals surface area contributed by atoms with Crippen LogP contribution in [0.25, 0.3) is 0 Å². The second-order valence-electron chi connectivity index (χ2n) is 4.05. The summed E-state index contributed by atoms with van der Waals surface area (Å²) in [5.41, 5.74) is -0.480. The first-order chi connectivity index (χ1) is 9.99. The van der Waals surface area contributed by atoms with E-state index in [4.69, 9.17) is 6.42 Å². The first-order valence-corrected chi connectivity index (χ1v) is 6.09. The molecule has 0 aliphatic carbocycles. The SMILES string of the molecule is C#CCCNC(=O)c1cc(F)c(CNC(=O)C=C)c(F)c1. The maximum atomic E-state index is 13.8. The molecule has 0 fully saturated rings. The zero-order chi connectivity index (χ0) is 15.8. The van der Waals surface area contributed by atoms with Gasteiger partial charge in [-0.25, -0.2) is 8.78 Å². The van der Waals surface area contributed by atoms with Crippen LogP contribution in [0.1, 0.15) is 22.3 Å². The lowest BCUT2D eigenvalue weighted by Crippen LogP contribution is -2.25. The second kappa shape index (κ2) is 7.80. The van der Waals surface area contributed by atoms with Crippen LogP contribution in [-0.2, 0) is 11.3 Å². The number of terminal acetylenes is 1. The second-order valence-corrected chi connectivity index (χ2v) is 4.05. The van der Waals surface area contributed by atoms with Gasteiger partial charge >= 0.3 is 0 Å². The quantitative estimate of drug-likeness (QED) is 0.474. The molecule has 0 bridgehead atoms. The molecule has 0 saturated heterocycles. The maximum Gasteiger partial charge on any atom is 0.251 e. The summed E-state index contributed by atoms with van der Waals surface area (Å²) in [6, 6.07) is 1.81. The van der Waals surface area contributed by atoms with Gasteiger partial charge in [0.05, 0.1) is 0 Å². The minimum absolute atomic E-state index is 0.152. The van der Waals surface area contributed by atoms with Crippen molar-refractivity contribution < 1.29 is 18.4 Å². The fourth-order valence-electron chi connectivity index (χ4n) is 1.50. The Morgan fingerprint density at radius 1 is 1.29 bits per heavy atom. The maximum absolute atomic E-state index is 13.8. The Labute approximate surface area is 121 Å². The van der Waals surface area contributed by atoms with E-state index in [2.05, 4.69) is 23.1 Å². The molecule has 0 aliphatic heterocycles. The summed E-state index contributed by atoms with van der Waals surface area (Å²) in [6.45, 7) is 3.11. The third kappa shape index (κ3) is 4.73. The van der Waals surface area contributed by atoms with Crippen molar-refractivity contribution in [3.63, 3.8) is 0 Å². The van der Waals surface area contributed by atoms with Crippen molar-refractivity contribution in [3.8, 4) is 12.3 Å². The molecule has 1 aromatic rings. The van der Waals surface area contributed by atoms with E-state index in [9.17, 15) is 18.4 Å². The van der Waals surface area contributed by atoms with E-state index in [-0.39, 0.29) is 24.2 Å². The Kier molecular flexibility index (Phi) is 6.08. The number of carbonyl (C=O) groups excluding carboxylic acids is 2.